The maximum atomic E-state index is 12.7. The van der Waals surface area contributed by atoms with Crippen LogP contribution < -0.4 is 11.1 Å². The maximum absolute atomic E-state index is 12.7. The van der Waals surface area contributed by atoms with Crippen LogP contribution in [-0.2, 0) is 19.1 Å². The summed E-state index contributed by atoms with van der Waals surface area (Å²) in [6, 6.07) is -0.893. The van der Waals surface area contributed by atoms with E-state index in [4.69, 9.17) is 10.5 Å². The number of allylic oxidation sites excluding steroid dienone is 9. The van der Waals surface area contributed by atoms with E-state index in [9.17, 15) is 19.5 Å². The summed E-state index contributed by atoms with van der Waals surface area (Å²) in [6.45, 7) is 4.77. The highest BCUT2D eigenvalue weighted by atomic mass is 16.5. The van der Waals surface area contributed by atoms with E-state index < -0.39 is 12.0 Å². The molecule has 0 bridgehead atoms. The van der Waals surface area contributed by atoms with Crippen LogP contribution in [0.1, 0.15) is 162 Å². The van der Waals surface area contributed by atoms with Gasteiger partial charge in [-0.25, -0.2) is 4.79 Å². The SMILES string of the molecule is CC/C=C\C/C=C\C/C=C\C/C=C\C(CCCCCC(=O)NC(CCCN)C(=O)O)OC(=O)CCCCCCC/C=C\CCCCCC. The van der Waals surface area contributed by atoms with Crippen LogP contribution in [-0.4, -0.2) is 41.6 Å². The number of carbonyl (C=O) groups is 3. The zero-order valence-corrected chi connectivity index (χ0v) is 30.6. The number of carboxylic acids is 1. The lowest BCUT2D eigenvalue weighted by Gasteiger charge is -2.15. The minimum absolute atomic E-state index is 0.148. The summed E-state index contributed by atoms with van der Waals surface area (Å²) in [7, 11) is 0. The fraction of sp³-hybridized carbons (Fsp3) is 0.683. The highest BCUT2D eigenvalue weighted by Crippen LogP contribution is 2.14. The van der Waals surface area contributed by atoms with Gasteiger partial charge < -0.3 is 20.9 Å². The number of unbranched alkanes of at least 4 members (excludes halogenated alkanes) is 11. The van der Waals surface area contributed by atoms with Crippen molar-refractivity contribution in [2.75, 3.05) is 6.54 Å². The number of carbonyl (C=O) groups excluding carboxylic acids is 2. The van der Waals surface area contributed by atoms with E-state index in [1.807, 2.05) is 6.08 Å². The third-order valence-corrected chi connectivity index (χ3v) is 8.05. The van der Waals surface area contributed by atoms with Gasteiger partial charge in [-0.05, 0) is 103 Å². The number of rotatable bonds is 33. The average Bonchev–Trinajstić information content (AvgIpc) is 3.07. The summed E-state index contributed by atoms with van der Waals surface area (Å²) >= 11 is 0. The molecular formula is C41H70N2O5. The normalized spacial score (nSPS) is 13.4. The maximum Gasteiger partial charge on any atom is 0.326 e. The second-order valence-corrected chi connectivity index (χ2v) is 12.6. The van der Waals surface area contributed by atoms with E-state index in [1.54, 1.807) is 0 Å². The Morgan fingerprint density at radius 3 is 1.83 bits per heavy atom. The third kappa shape index (κ3) is 31.7. The first-order valence-corrected chi connectivity index (χ1v) is 19.1. The molecule has 2 unspecified atom stereocenters. The molecule has 0 aromatic rings. The van der Waals surface area contributed by atoms with Crippen LogP contribution in [0.5, 0.6) is 0 Å². The first-order chi connectivity index (χ1) is 23.4. The number of nitrogens with one attached hydrogen (secondary N) is 1. The molecule has 0 saturated carbocycles. The molecule has 0 saturated heterocycles. The average molecular weight is 671 g/mol. The molecule has 0 spiro atoms. The molecule has 0 aliphatic heterocycles. The largest absolute Gasteiger partial charge is 0.480 e. The second-order valence-electron chi connectivity index (χ2n) is 12.6. The summed E-state index contributed by atoms with van der Waals surface area (Å²) < 4.78 is 5.86. The molecule has 0 aliphatic carbocycles. The van der Waals surface area contributed by atoms with Crippen LogP contribution in [0.25, 0.3) is 0 Å². The van der Waals surface area contributed by atoms with E-state index in [1.165, 1.54) is 44.9 Å². The molecule has 2 atom stereocenters. The smallest absolute Gasteiger partial charge is 0.326 e. The van der Waals surface area contributed by atoms with Crippen molar-refractivity contribution in [1.29, 1.82) is 0 Å². The van der Waals surface area contributed by atoms with Gasteiger partial charge in [-0.1, -0.05) is 113 Å². The van der Waals surface area contributed by atoms with Crippen molar-refractivity contribution in [2.24, 2.45) is 5.73 Å². The van der Waals surface area contributed by atoms with Crippen LogP contribution >= 0.6 is 0 Å². The number of aliphatic carboxylic acids is 1. The fourth-order valence-corrected chi connectivity index (χ4v) is 5.18. The minimum atomic E-state index is -1.03. The topological polar surface area (TPSA) is 119 Å². The van der Waals surface area contributed by atoms with Gasteiger partial charge in [0.25, 0.3) is 0 Å². The van der Waals surface area contributed by atoms with Crippen molar-refractivity contribution in [3.63, 3.8) is 0 Å². The summed E-state index contributed by atoms with van der Waals surface area (Å²) in [4.78, 5) is 36.3. The van der Waals surface area contributed by atoms with Gasteiger partial charge in [0.1, 0.15) is 12.1 Å². The molecule has 0 aliphatic rings. The Bertz CT molecular complexity index is 937. The third-order valence-electron chi connectivity index (χ3n) is 8.05. The Morgan fingerprint density at radius 1 is 0.646 bits per heavy atom. The predicted molar refractivity (Wildman–Crippen MR) is 202 cm³/mol. The van der Waals surface area contributed by atoms with Gasteiger partial charge in [0.05, 0.1) is 0 Å². The van der Waals surface area contributed by atoms with Crippen molar-refractivity contribution in [1.82, 2.24) is 5.32 Å². The van der Waals surface area contributed by atoms with Gasteiger partial charge in [0.2, 0.25) is 5.91 Å². The molecular weight excluding hydrogens is 600 g/mol. The number of esters is 1. The number of hydrogen-bond donors (Lipinski definition) is 3. The lowest BCUT2D eigenvalue weighted by Crippen LogP contribution is -2.40. The zero-order valence-electron chi connectivity index (χ0n) is 30.6. The molecule has 7 nitrogen and oxygen atoms in total. The molecule has 0 rings (SSSR count). The molecule has 0 aromatic heterocycles. The monoisotopic (exact) mass is 671 g/mol. The highest BCUT2D eigenvalue weighted by molar-refractivity contribution is 5.83. The number of amides is 1. The number of carboxylic acid groups (broad SMARTS) is 1. The lowest BCUT2D eigenvalue weighted by molar-refractivity contribution is -0.147. The summed E-state index contributed by atoms with van der Waals surface area (Å²) in [5.41, 5.74) is 5.48. The molecule has 1 amide bonds. The van der Waals surface area contributed by atoms with Gasteiger partial charge in [-0.3, -0.25) is 9.59 Å². The quantitative estimate of drug-likeness (QED) is 0.0363. The number of ether oxygens (including phenoxy) is 1. The Labute approximate surface area is 293 Å². The standard InChI is InChI=1S/C41H70N2O5/c1-3-5-7-9-11-13-15-16-18-20-22-24-29-35-40(45)48-37(31-26-23-21-19-17-14-12-10-8-6-4-2)32-27-25-28-34-39(44)43-38(41(46)47)33-30-36-42/h6,8,12-15,19,21,26,31,37-38H,3-5,7,9-11,16-18,20,22-25,27-30,32-36,42H2,1-2H3,(H,43,44)(H,46,47)/b8-6-,14-12-,15-13-,21-19-,31-26-. The molecule has 0 radical (unpaired) electrons. The van der Waals surface area contributed by atoms with Gasteiger partial charge in [0.15, 0.2) is 0 Å². The molecule has 4 N–H and O–H groups in total. The van der Waals surface area contributed by atoms with Crippen molar-refractivity contribution in [3.8, 4) is 0 Å². The first-order valence-electron chi connectivity index (χ1n) is 19.1. The Hall–Kier alpha value is -2.93. The van der Waals surface area contributed by atoms with Crippen molar-refractivity contribution in [2.45, 2.75) is 174 Å². The molecule has 0 aromatic carbocycles. The van der Waals surface area contributed by atoms with E-state index in [0.29, 0.717) is 38.6 Å². The van der Waals surface area contributed by atoms with Gasteiger partial charge in [0, 0.05) is 12.8 Å². The van der Waals surface area contributed by atoms with Gasteiger partial charge in [-0.15, -0.1) is 0 Å². The van der Waals surface area contributed by atoms with Gasteiger partial charge in [-0.2, -0.15) is 0 Å². The van der Waals surface area contributed by atoms with Gasteiger partial charge >= 0.3 is 11.9 Å². The summed E-state index contributed by atoms with van der Waals surface area (Å²) in [5, 5.41) is 11.9. The number of hydrogen-bond acceptors (Lipinski definition) is 5. The fourth-order valence-electron chi connectivity index (χ4n) is 5.18. The van der Waals surface area contributed by atoms with E-state index in [-0.39, 0.29) is 24.4 Å². The predicted octanol–water partition coefficient (Wildman–Crippen LogP) is 10.2. The van der Waals surface area contributed by atoms with E-state index in [0.717, 1.165) is 64.2 Å². The molecule has 0 fully saturated rings. The van der Waals surface area contributed by atoms with Crippen LogP contribution in [0.4, 0.5) is 0 Å². The van der Waals surface area contributed by atoms with Crippen LogP contribution in [0.15, 0.2) is 60.8 Å². The molecule has 274 valence electrons. The molecule has 7 heteroatoms. The minimum Gasteiger partial charge on any atom is -0.480 e. The first kappa shape index (κ1) is 45.1. The lowest BCUT2D eigenvalue weighted by atomic mass is 10.1. The van der Waals surface area contributed by atoms with Crippen LogP contribution in [0.3, 0.4) is 0 Å². The summed E-state index contributed by atoms with van der Waals surface area (Å²) in [6.07, 6.45) is 42.7. The van der Waals surface area contributed by atoms with Crippen LogP contribution in [0.2, 0.25) is 0 Å². The Kier molecular flexibility index (Phi) is 33.2. The molecule has 0 heterocycles. The highest BCUT2D eigenvalue weighted by Gasteiger charge is 2.19. The molecule has 48 heavy (non-hydrogen) atoms. The number of nitrogens with two attached hydrogens (primary N) is 1. The second kappa shape index (κ2) is 35.4. The Balaban J connectivity index is 4.55. The van der Waals surface area contributed by atoms with Crippen molar-refractivity contribution in [3.05, 3.63) is 60.8 Å². The van der Waals surface area contributed by atoms with Crippen molar-refractivity contribution < 1.29 is 24.2 Å². The zero-order chi connectivity index (χ0) is 35.3. The van der Waals surface area contributed by atoms with Crippen molar-refractivity contribution >= 4 is 17.8 Å². The van der Waals surface area contributed by atoms with E-state index >= 15 is 0 Å². The van der Waals surface area contributed by atoms with E-state index in [2.05, 4.69) is 73.8 Å². The summed E-state index contributed by atoms with van der Waals surface area (Å²) in [5.74, 6) is -1.43. The van der Waals surface area contributed by atoms with Crippen LogP contribution in [0, 0.1) is 0 Å². The Morgan fingerprint density at radius 2 is 1.21 bits per heavy atom.